The molecule has 0 unspecified atom stereocenters. The summed E-state index contributed by atoms with van der Waals surface area (Å²) < 4.78 is 6.55. The third kappa shape index (κ3) is 3.68. The van der Waals surface area contributed by atoms with Crippen molar-refractivity contribution in [3.8, 4) is 11.5 Å². The first kappa shape index (κ1) is 20.9. The highest BCUT2D eigenvalue weighted by molar-refractivity contribution is 6.05. The van der Waals surface area contributed by atoms with Crippen LogP contribution in [0.25, 0.3) is 22.6 Å². The van der Waals surface area contributed by atoms with Gasteiger partial charge in [0.15, 0.2) is 17.3 Å². The monoisotopic (exact) mass is 414 g/mol. The highest BCUT2D eigenvalue weighted by Gasteiger charge is 2.24. The second-order valence-corrected chi connectivity index (χ2v) is 5.90. The van der Waals surface area contributed by atoms with Gasteiger partial charge in [0.1, 0.15) is 5.52 Å². The molecule has 0 aromatic carbocycles. The molecule has 1 fully saturated rings. The Balaban J connectivity index is 0.00000131. The lowest BCUT2D eigenvalue weighted by atomic mass is 10.2. The summed E-state index contributed by atoms with van der Waals surface area (Å²) in [5, 5.41) is 13.7. The van der Waals surface area contributed by atoms with E-state index in [0.29, 0.717) is 34.7 Å². The van der Waals surface area contributed by atoms with Gasteiger partial charge in [-0.2, -0.15) is 0 Å². The number of amides is 1. The largest absolute Gasteiger partial charge is 0.379 e. The van der Waals surface area contributed by atoms with Crippen molar-refractivity contribution in [3.05, 3.63) is 18.0 Å². The molecule has 3 aromatic heterocycles. The van der Waals surface area contributed by atoms with Gasteiger partial charge in [-0.3, -0.25) is 9.78 Å². The summed E-state index contributed by atoms with van der Waals surface area (Å²) in [6.45, 7) is 4.21. The number of anilines is 1. The summed E-state index contributed by atoms with van der Waals surface area (Å²) in [6, 6.07) is 0.121. The molecule has 12 heteroatoms. The number of aromatic nitrogens is 5. The summed E-state index contributed by atoms with van der Waals surface area (Å²) in [7, 11) is 0. The van der Waals surface area contributed by atoms with Gasteiger partial charge in [-0.25, -0.2) is 9.61 Å². The Morgan fingerprint density at radius 3 is 2.85 bits per heavy atom. The molecule has 1 saturated heterocycles. The van der Waals surface area contributed by atoms with E-state index in [-0.39, 0.29) is 42.6 Å². The lowest BCUT2D eigenvalue weighted by Crippen LogP contribution is -2.36. The van der Waals surface area contributed by atoms with Crippen molar-refractivity contribution in [2.75, 3.05) is 18.8 Å². The molecule has 27 heavy (non-hydrogen) atoms. The van der Waals surface area contributed by atoms with E-state index in [2.05, 4.69) is 35.5 Å². The van der Waals surface area contributed by atoms with Gasteiger partial charge in [-0.1, -0.05) is 0 Å². The molecular formula is C15H20Cl2N8O2. The zero-order chi connectivity index (χ0) is 17.4. The number of aryl methyl sites for hydroxylation is 1. The Labute approximate surface area is 167 Å². The second-order valence-electron chi connectivity index (χ2n) is 5.90. The lowest BCUT2D eigenvalue weighted by molar-refractivity contribution is 0.0941. The fourth-order valence-electron chi connectivity index (χ4n) is 3.13. The van der Waals surface area contributed by atoms with Crippen molar-refractivity contribution in [1.82, 2.24) is 35.5 Å². The van der Waals surface area contributed by atoms with Gasteiger partial charge in [0, 0.05) is 25.3 Å². The lowest BCUT2D eigenvalue weighted by Gasteiger charge is -2.13. The smallest absolute Gasteiger partial charge is 0.255 e. The molecule has 0 spiro atoms. The minimum atomic E-state index is -0.167. The number of imidazole rings is 1. The van der Waals surface area contributed by atoms with E-state index < -0.39 is 0 Å². The van der Waals surface area contributed by atoms with E-state index in [9.17, 15) is 4.79 Å². The van der Waals surface area contributed by atoms with Crippen molar-refractivity contribution in [3.63, 3.8) is 0 Å². The molecule has 4 N–H and O–H groups in total. The minimum absolute atomic E-state index is 0. The molecule has 0 aliphatic carbocycles. The number of nitrogens with one attached hydrogen (secondary N) is 2. The molecule has 4 heterocycles. The maximum Gasteiger partial charge on any atom is 0.255 e. The summed E-state index contributed by atoms with van der Waals surface area (Å²) >= 11 is 0. The van der Waals surface area contributed by atoms with Gasteiger partial charge >= 0.3 is 0 Å². The number of carbonyl (C=O) groups is 1. The molecule has 1 aliphatic heterocycles. The van der Waals surface area contributed by atoms with Crippen LogP contribution in [-0.2, 0) is 6.54 Å². The standard InChI is InChI=1S/C15H18N8O2.2ClH/c1-2-23-12-9(15(24)19-8-3-4-17-5-8)6-18-7-10(12)20-14(23)11-13(16)22-25-21-11;;/h6-8,17H,2-5H2,1H3,(H2,16,22)(H,19,24);2*1H/t8-;;/m0../s1. The van der Waals surface area contributed by atoms with Crippen LogP contribution in [-0.4, -0.2) is 49.9 Å². The zero-order valence-electron chi connectivity index (χ0n) is 14.5. The van der Waals surface area contributed by atoms with E-state index in [1.807, 2.05) is 11.5 Å². The topological polar surface area (TPSA) is 137 Å². The highest BCUT2D eigenvalue weighted by atomic mass is 35.5. The highest BCUT2D eigenvalue weighted by Crippen LogP contribution is 2.28. The molecule has 0 saturated carbocycles. The molecule has 3 aromatic rings. The Hall–Kier alpha value is -2.43. The van der Waals surface area contributed by atoms with Crippen LogP contribution >= 0.6 is 24.8 Å². The molecule has 10 nitrogen and oxygen atoms in total. The Bertz CT molecular complexity index is 935. The van der Waals surface area contributed by atoms with Crippen LogP contribution in [0.4, 0.5) is 5.82 Å². The van der Waals surface area contributed by atoms with Crippen LogP contribution in [0.15, 0.2) is 17.0 Å². The summed E-state index contributed by atoms with van der Waals surface area (Å²) in [4.78, 5) is 21.4. The van der Waals surface area contributed by atoms with Crippen LogP contribution < -0.4 is 16.4 Å². The SMILES string of the molecule is CCn1c(-c2nonc2N)nc2cncc(C(=O)N[C@H]3CCNC3)c21.Cl.Cl. The van der Waals surface area contributed by atoms with Gasteiger partial charge in [0.2, 0.25) is 0 Å². The number of nitrogens with zero attached hydrogens (tertiary/aromatic N) is 5. The number of halogens is 2. The predicted octanol–water partition coefficient (Wildman–Crippen LogP) is 1.02. The van der Waals surface area contributed by atoms with Gasteiger partial charge in [0.05, 0.1) is 17.3 Å². The number of pyridine rings is 1. The molecule has 4 rings (SSSR count). The average Bonchev–Trinajstić information content (AvgIpc) is 3.33. The van der Waals surface area contributed by atoms with Crippen LogP contribution in [0.3, 0.4) is 0 Å². The third-order valence-corrected chi connectivity index (χ3v) is 4.33. The zero-order valence-corrected chi connectivity index (χ0v) is 16.1. The number of rotatable bonds is 4. The number of nitrogen functional groups attached to an aromatic ring is 1. The summed E-state index contributed by atoms with van der Waals surface area (Å²) in [6.07, 6.45) is 4.08. The number of fused-ring (bicyclic) bond motifs is 1. The first-order valence-corrected chi connectivity index (χ1v) is 8.13. The van der Waals surface area contributed by atoms with Crippen molar-refractivity contribution in [2.24, 2.45) is 0 Å². The van der Waals surface area contributed by atoms with Crippen LogP contribution in [0.2, 0.25) is 0 Å². The Morgan fingerprint density at radius 2 is 2.22 bits per heavy atom. The van der Waals surface area contributed by atoms with Crippen molar-refractivity contribution >= 4 is 47.6 Å². The maximum atomic E-state index is 12.8. The molecule has 1 atom stereocenters. The first-order valence-electron chi connectivity index (χ1n) is 8.13. The van der Waals surface area contributed by atoms with Gasteiger partial charge in [-0.15, -0.1) is 24.8 Å². The third-order valence-electron chi connectivity index (χ3n) is 4.33. The Kier molecular flexibility index (Phi) is 6.58. The second kappa shape index (κ2) is 8.51. The maximum absolute atomic E-state index is 12.8. The van der Waals surface area contributed by atoms with Crippen LogP contribution in [0.5, 0.6) is 0 Å². The number of hydrogen-bond acceptors (Lipinski definition) is 8. The summed E-state index contributed by atoms with van der Waals surface area (Å²) in [5.74, 6) is 0.487. The van der Waals surface area contributed by atoms with Gasteiger partial charge < -0.3 is 20.9 Å². The van der Waals surface area contributed by atoms with Gasteiger partial charge in [0.25, 0.3) is 5.91 Å². The predicted molar refractivity (Wildman–Crippen MR) is 104 cm³/mol. The van der Waals surface area contributed by atoms with Gasteiger partial charge in [-0.05, 0) is 30.2 Å². The fourth-order valence-corrected chi connectivity index (χ4v) is 3.13. The Morgan fingerprint density at radius 1 is 1.41 bits per heavy atom. The molecule has 0 bridgehead atoms. The first-order chi connectivity index (χ1) is 12.2. The fraction of sp³-hybridized carbons (Fsp3) is 0.400. The number of nitrogens with two attached hydrogens (primary N) is 1. The molecule has 1 amide bonds. The number of hydrogen-bond donors (Lipinski definition) is 3. The molecule has 0 radical (unpaired) electrons. The van der Waals surface area contributed by atoms with Crippen molar-refractivity contribution in [1.29, 1.82) is 0 Å². The average molecular weight is 415 g/mol. The molecular weight excluding hydrogens is 395 g/mol. The van der Waals surface area contributed by atoms with E-state index in [1.54, 1.807) is 12.4 Å². The van der Waals surface area contributed by atoms with Crippen molar-refractivity contribution < 1.29 is 9.42 Å². The minimum Gasteiger partial charge on any atom is -0.379 e. The molecule has 146 valence electrons. The van der Waals surface area contributed by atoms with E-state index in [0.717, 1.165) is 19.5 Å². The van der Waals surface area contributed by atoms with Crippen LogP contribution in [0.1, 0.15) is 23.7 Å². The van der Waals surface area contributed by atoms with Crippen LogP contribution in [0, 0.1) is 0 Å². The van der Waals surface area contributed by atoms with E-state index in [1.165, 1.54) is 0 Å². The quantitative estimate of drug-likeness (QED) is 0.575. The van der Waals surface area contributed by atoms with Crippen molar-refractivity contribution in [2.45, 2.75) is 25.9 Å². The van der Waals surface area contributed by atoms with E-state index >= 15 is 0 Å². The number of carbonyl (C=O) groups excluding carboxylic acids is 1. The normalized spacial score (nSPS) is 16.0. The summed E-state index contributed by atoms with van der Waals surface area (Å²) in [5.41, 5.74) is 7.91. The van der Waals surface area contributed by atoms with E-state index in [4.69, 9.17) is 5.73 Å². The molecule has 1 aliphatic rings.